The molecule has 35 heavy (non-hydrogen) atoms. The fourth-order valence-corrected chi connectivity index (χ4v) is 6.25. The van der Waals surface area contributed by atoms with Crippen molar-refractivity contribution in [3.8, 4) is 0 Å². The van der Waals surface area contributed by atoms with Gasteiger partial charge < -0.3 is 24.4 Å². The zero-order valence-corrected chi connectivity index (χ0v) is 21.4. The highest BCUT2D eigenvalue weighted by Crippen LogP contribution is 2.63. The van der Waals surface area contributed by atoms with Crippen LogP contribution in [0.1, 0.15) is 65.2 Å². The van der Waals surface area contributed by atoms with E-state index in [2.05, 4.69) is 20.1 Å². The van der Waals surface area contributed by atoms with Crippen LogP contribution in [-0.2, 0) is 23.9 Å². The molecule has 8 heteroatoms. The molecule has 3 rings (SSSR count). The van der Waals surface area contributed by atoms with Gasteiger partial charge in [-0.25, -0.2) is 0 Å². The highest BCUT2D eigenvalue weighted by atomic mass is 16.6. The largest absolute Gasteiger partial charge is 0.461 e. The number of ether oxygens (including phenoxy) is 2. The van der Waals surface area contributed by atoms with E-state index in [1.165, 1.54) is 6.08 Å². The van der Waals surface area contributed by atoms with Crippen molar-refractivity contribution in [1.82, 2.24) is 9.80 Å². The van der Waals surface area contributed by atoms with E-state index in [0.29, 0.717) is 38.9 Å². The van der Waals surface area contributed by atoms with Crippen LogP contribution in [0.25, 0.3) is 0 Å². The van der Waals surface area contributed by atoms with Gasteiger partial charge in [-0.05, 0) is 39.0 Å². The van der Waals surface area contributed by atoms with Crippen molar-refractivity contribution >= 4 is 17.8 Å². The molecule has 3 aliphatic rings. The third-order valence-corrected chi connectivity index (χ3v) is 7.86. The van der Waals surface area contributed by atoms with Gasteiger partial charge in [0.25, 0.3) is 0 Å². The molecular weight excluding hydrogens is 448 g/mol. The Kier molecular flexibility index (Phi) is 9.16. The number of carbonyl (C=O) groups excluding carboxylic acids is 3. The zero-order chi connectivity index (χ0) is 25.6. The van der Waals surface area contributed by atoms with Crippen LogP contribution in [0.4, 0.5) is 0 Å². The van der Waals surface area contributed by atoms with E-state index in [4.69, 9.17) is 14.6 Å². The Morgan fingerprint density at radius 2 is 1.94 bits per heavy atom. The van der Waals surface area contributed by atoms with E-state index in [1.807, 2.05) is 6.92 Å². The second-order valence-electron chi connectivity index (χ2n) is 10.2. The number of nitrogens with zero attached hydrogens (tertiary/aromatic N) is 2. The molecular formula is C27H42N2O6. The molecule has 0 radical (unpaired) electrons. The Hall–Kier alpha value is -2.19. The van der Waals surface area contributed by atoms with Crippen molar-refractivity contribution in [2.24, 2.45) is 11.8 Å². The molecule has 0 aromatic heterocycles. The number of rotatable bonds is 15. The van der Waals surface area contributed by atoms with E-state index in [1.54, 1.807) is 15.9 Å². The number of carbonyl (C=O) groups is 3. The lowest BCUT2D eigenvalue weighted by Crippen LogP contribution is -2.56. The lowest BCUT2D eigenvalue weighted by Gasteiger charge is -2.37. The van der Waals surface area contributed by atoms with Crippen LogP contribution in [-0.4, -0.2) is 82.8 Å². The number of esters is 1. The molecule has 0 aromatic carbocycles. The monoisotopic (exact) mass is 490 g/mol. The highest BCUT2D eigenvalue weighted by Gasteiger charge is 2.78. The van der Waals surface area contributed by atoms with Crippen molar-refractivity contribution in [1.29, 1.82) is 0 Å². The molecule has 2 bridgehead atoms. The summed E-state index contributed by atoms with van der Waals surface area (Å²) < 4.78 is 12.0. The van der Waals surface area contributed by atoms with E-state index in [-0.39, 0.29) is 25.0 Å². The average Bonchev–Trinajstić information content (AvgIpc) is 3.40. The minimum atomic E-state index is -1.03. The Morgan fingerprint density at radius 1 is 1.20 bits per heavy atom. The molecule has 196 valence electrons. The first kappa shape index (κ1) is 27.4. The lowest BCUT2D eigenvalue weighted by molar-refractivity contribution is -0.159. The predicted octanol–water partition coefficient (Wildman–Crippen LogP) is 2.85. The van der Waals surface area contributed by atoms with Gasteiger partial charge in [0.15, 0.2) is 0 Å². The summed E-state index contributed by atoms with van der Waals surface area (Å²) in [5.41, 5.74) is -1.87. The SMILES string of the molecule is C=CCOC(=O)[C@H]1[C@H]2C(=O)N(CCCCCCO)C(C(=O)N(CC=C)CCCC)C23CC[C@]1(C)O3. The van der Waals surface area contributed by atoms with Crippen LogP contribution >= 0.6 is 0 Å². The summed E-state index contributed by atoms with van der Waals surface area (Å²) in [5.74, 6) is -2.27. The van der Waals surface area contributed by atoms with Gasteiger partial charge in [-0.15, -0.1) is 6.58 Å². The first-order chi connectivity index (χ1) is 16.8. The Morgan fingerprint density at radius 3 is 2.60 bits per heavy atom. The highest BCUT2D eigenvalue weighted by molar-refractivity contribution is 5.98. The minimum Gasteiger partial charge on any atom is -0.461 e. The molecule has 3 fully saturated rings. The third-order valence-electron chi connectivity index (χ3n) is 7.86. The van der Waals surface area contributed by atoms with E-state index in [0.717, 1.165) is 32.1 Å². The number of likely N-dealkylation sites (tertiary alicyclic amines) is 1. The zero-order valence-electron chi connectivity index (χ0n) is 21.4. The van der Waals surface area contributed by atoms with Gasteiger partial charge in [-0.2, -0.15) is 0 Å². The summed E-state index contributed by atoms with van der Waals surface area (Å²) in [4.78, 5) is 44.5. The smallest absolute Gasteiger partial charge is 0.313 e. The summed E-state index contributed by atoms with van der Waals surface area (Å²) in [7, 11) is 0. The van der Waals surface area contributed by atoms with Crippen molar-refractivity contribution in [2.75, 3.05) is 32.8 Å². The van der Waals surface area contributed by atoms with Crippen LogP contribution in [0.2, 0.25) is 0 Å². The Labute approximate surface area is 209 Å². The summed E-state index contributed by atoms with van der Waals surface area (Å²) in [6.45, 7) is 13.0. The molecule has 1 spiro atoms. The molecule has 2 unspecified atom stereocenters. The van der Waals surface area contributed by atoms with Crippen molar-refractivity contribution in [2.45, 2.75) is 82.5 Å². The Bertz CT molecular complexity index is 815. The van der Waals surface area contributed by atoms with Gasteiger partial charge in [-0.1, -0.05) is 44.9 Å². The molecule has 0 aromatic rings. The summed E-state index contributed by atoms with van der Waals surface area (Å²) in [6, 6.07) is -0.770. The molecule has 8 nitrogen and oxygen atoms in total. The standard InChI is InChI=1S/C27H42N2O6/c1-5-8-16-28(15-6-2)24(32)22-27-14-13-26(4,35-27)21(25(33)34-19-7-3)20(27)23(31)29(22)17-11-9-10-12-18-30/h6-7,20-22,30H,2-3,5,8-19H2,1,4H3/t20-,21+,22?,26-,27?/m0/s1. The fraction of sp³-hybridized carbons (Fsp3) is 0.741. The number of aliphatic hydroxyl groups is 1. The number of hydrogen-bond donors (Lipinski definition) is 1. The van der Waals surface area contributed by atoms with E-state index in [9.17, 15) is 14.4 Å². The number of unbranched alkanes of at least 4 members (excludes halogenated alkanes) is 4. The first-order valence-electron chi connectivity index (χ1n) is 13.1. The van der Waals surface area contributed by atoms with Crippen molar-refractivity contribution in [3.05, 3.63) is 25.3 Å². The van der Waals surface area contributed by atoms with Crippen molar-refractivity contribution < 1.29 is 29.0 Å². The van der Waals surface area contributed by atoms with Gasteiger partial charge in [0.2, 0.25) is 11.8 Å². The number of fused-ring (bicyclic) bond motifs is 1. The minimum absolute atomic E-state index is 0.0698. The van der Waals surface area contributed by atoms with Crippen LogP contribution in [0, 0.1) is 11.8 Å². The van der Waals surface area contributed by atoms with E-state index < -0.39 is 35.0 Å². The summed E-state index contributed by atoms with van der Waals surface area (Å²) >= 11 is 0. The van der Waals surface area contributed by atoms with Gasteiger partial charge in [0.05, 0.1) is 11.5 Å². The van der Waals surface area contributed by atoms with Crippen LogP contribution in [0.3, 0.4) is 0 Å². The maximum absolute atomic E-state index is 14.1. The topological polar surface area (TPSA) is 96.4 Å². The van der Waals surface area contributed by atoms with Gasteiger partial charge >= 0.3 is 5.97 Å². The maximum atomic E-state index is 14.1. The van der Waals surface area contributed by atoms with Crippen molar-refractivity contribution in [3.63, 3.8) is 0 Å². The Balaban J connectivity index is 1.95. The van der Waals surface area contributed by atoms with E-state index >= 15 is 0 Å². The molecule has 3 saturated heterocycles. The average molecular weight is 491 g/mol. The molecule has 0 saturated carbocycles. The van der Waals surface area contributed by atoms with Crippen LogP contribution in [0.5, 0.6) is 0 Å². The predicted molar refractivity (Wildman–Crippen MR) is 132 cm³/mol. The quantitative estimate of drug-likeness (QED) is 0.215. The maximum Gasteiger partial charge on any atom is 0.313 e. The first-order valence-corrected chi connectivity index (χ1v) is 13.1. The third kappa shape index (κ3) is 5.05. The van der Waals surface area contributed by atoms with Gasteiger partial charge in [0.1, 0.15) is 24.2 Å². The van der Waals surface area contributed by atoms with Crippen LogP contribution < -0.4 is 0 Å². The van der Waals surface area contributed by atoms with Gasteiger partial charge in [-0.3, -0.25) is 14.4 Å². The fourth-order valence-electron chi connectivity index (χ4n) is 6.25. The summed E-state index contributed by atoms with van der Waals surface area (Å²) in [6.07, 6.45) is 9.30. The molecule has 2 amide bonds. The second kappa shape index (κ2) is 11.7. The number of aliphatic hydroxyl groups excluding tert-OH is 1. The second-order valence-corrected chi connectivity index (χ2v) is 10.2. The van der Waals surface area contributed by atoms with Gasteiger partial charge in [0, 0.05) is 26.2 Å². The number of amides is 2. The van der Waals surface area contributed by atoms with Crippen LogP contribution in [0.15, 0.2) is 25.3 Å². The normalized spacial score (nSPS) is 30.9. The molecule has 3 aliphatic heterocycles. The molecule has 5 atom stereocenters. The molecule has 1 N–H and O–H groups in total. The lowest BCUT2D eigenvalue weighted by atomic mass is 9.66. The molecule has 0 aliphatic carbocycles. The molecule has 3 heterocycles. The summed E-state index contributed by atoms with van der Waals surface area (Å²) in [5, 5.41) is 9.07. The number of hydrogen-bond acceptors (Lipinski definition) is 6.